The maximum atomic E-state index is 12.1. The summed E-state index contributed by atoms with van der Waals surface area (Å²) in [4.78, 5) is 0. The van der Waals surface area contributed by atoms with Crippen LogP contribution in [-0.2, 0) is 19.5 Å². The lowest BCUT2D eigenvalue weighted by Gasteiger charge is -2.11. The van der Waals surface area contributed by atoms with Crippen molar-refractivity contribution in [2.75, 3.05) is 37.4 Å². The monoisotopic (exact) mass is 309 g/mol. The predicted molar refractivity (Wildman–Crippen MR) is 84.1 cm³/mol. The van der Waals surface area contributed by atoms with Gasteiger partial charge in [-0.05, 0) is 11.5 Å². The molecule has 0 amide bonds. The highest BCUT2D eigenvalue weighted by molar-refractivity contribution is 7.92. The van der Waals surface area contributed by atoms with Crippen LogP contribution in [0.25, 0.3) is 10.8 Å². The van der Waals surface area contributed by atoms with Crippen LogP contribution in [0, 0.1) is 0 Å². The van der Waals surface area contributed by atoms with Gasteiger partial charge in [0, 0.05) is 12.5 Å². The molecule has 0 aliphatic rings. The Bertz CT molecular complexity index is 680. The van der Waals surface area contributed by atoms with Gasteiger partial charge >= 0.3 is 0 Å². The molecule has 2 aromatic rings. The Labute approximate surface area is 124 Å². The Hall–Kier alpha value is -1.63. The van der Waals surface area contributed by atoms with Crippen molar-refractivity contribution in [3.63, 3.8) is 0 Å². The quantitative estimate of drug-likeness (QED) is 0.760. The SMILES string of the molecule is COCCOCCS(=O)(=O)Nc1cccc2ccccc12. The maximum Gasteiger partial charge on any atom is 0.235 e. The first-order chi connectivity index (χ1) is 10.1. The van der Waals surface area contributed by atoms with E-state index in [0.717, 1.165) is 10.8 Å². The van der Waals surface area contributed by atoms with Gasteiger partial charge in [-0.3, -0.25) is 4.72 Å². The van der Waals surface area contributed by atoms with Gasteiger partial charge in [-0.25, -0.2) is 8.42 Å². The van der Waals surface area contributed by atoms with Crippen molar-refractivity contribution in [3.8, 4) is 0 Å². The molecule has 2 rings (SSSR count). The fourth-order valence-corrected chi connectivity index (χ4v) is 2.90. The maximum absolute atomic E-state index is 12.1. The summed E-state index contributed by atoms with van der Waals surface area (Å²) in [5.41, 5.74) is 0.588. The number of fused-ring (bicyclic) bond motifs is 1. The van der Waals surface area contributed by atoms with E-state index in [1.807, 2.05) is 36.4 Å². The van der Waals surface area contributed by atoms with Crippen LogP contribution < -0.4 is 4.72 Å². The molecule has 6 heteroatoms. The van der Waals surface area contributed by atoms with E-state index in [0.29, 0.717) is 18.9 Å². The Balaban J connectivity index is 2.02. The Morgan fingerprint density at radius 3 is 2.57 bits per heavy atom. The molecule has 5 nitrogen and oxygen atoms in total. The molecule has 0 fully saturated rings. The van der Waals surface area contributed by atoms with Gasteiger partial charge in [-0.15, -0.1) is 0 Å². The minimum atomic E-state index is -3.43. The molecule has 0 saturated heterocycles. The lowest BCUT2D eigenvalue weighted by molar-refractivity contribution is 0.0785. The number of anilines is 1. The van der Waals surface area contributed by atoms with E-state index in [1.54, 1.807) is 13.2 Å². The summed E-state index contributed by atoms with van der Waals surface area (Å²) in [6.07, 6.45) is 0. The van der Waals surface area contributed by atoms with Gasteiger partial charge in [0.1, 0.15) is 0 Å². The summed E-state index contributed by atoms with van der Waals surface area (Å²) in [6.45, 7) is 0.987. The van der Waals surface area contributed by atoms with Crippen molar-refractivity contribution in [1.29, 1.82) is 0 Å². The van der Waals surface area contributed by atoms with Crippen molar-refractivity contribution < 1.29 is 17.9 Å². The molecule has 0 radical (unpaired) electrons. The van der Waals surface area contributed by atoms with Crippen molar-refractivity contribution >= 4 is 26.5 Å². The topological polar surface area (TPSA) is 64.6 Å². The lowest BCUT2D eigenvalue weighted by Crippen LogP contribution is -2.21. The van der Waals surface area contributed by atoms with E-state index in [4.69, 9.17) is 9.47 Å². The Kier molecular flexibility index (Phi) is 5.55. The van der Waals surface area contributed by atoms with Crippen LogP contribution in [0.15, 0.2) is 42.5 Å². The second kappa shape index (κ2) is 7.40. The molecule has 114 valence electrons. The third kappa shape index (κ3) is 4.70. The zero-order valence-corrected chi connectivity index (χ0v) is 12.7. The largest absolute Gasteiger partial charge is 0.382 e. The van der Waals surface area contributed by atoms with Crippen LogP contribution in [0.3, 0.4) is 0 Å². The normalized spacial score (nSPS) is 11.7. The zero-order chi connectivity index (χ0) is 15.1. The number of methoxy groups -OCH3 is 1. The first kappa shape index (κ1) is 15.8. The zero-order valence-electron chi connectivity index (χ0n) is 11.9. The Morgan fingerprint density at radius 2 is 1.76 bits per heavy atom. The standard InChI is InChI=1S/C15H19NO4S/c1-19-9-10-20-11-12-21(17,18)16-15-8-4-6-13-5-2-3-7-14(13)15/h2-8,16H,9-12H2,1H3. The van der Waals surface area contributed by atoms with Crippen LogP contribution >= 0.6 is 0 Å². The molecule has 0 aliphatic carbocycles. The smallest absolute Gasteiger partial charge is 0.235 e. The van der Waals surface area contributed by atoms with Crippen molar-refractivity contribution in [2.24, 2.45) is 0 Å². The third-order valence-electron chi connectivity index (χ3n) is 2.98. The second-order valence-corrected chi connectivity index (χ2v) is 6.39. The highest BCUT2D eigenvalue weighted by Gasteiger charge is 2.12. The summed E-state index contributed by atoms with van der Waals surface area (Å²) >= 11 is 0. The fraction of sp³-hybridized carbons (Fsp3) is 0.333. The van der Waals surface area contributed by atoms with Gasteiger partial charge in [-0.2, -0.15) is 0 Å². The lowest BCUT2D eigenvalue weighted by atomic mass is 10.1. The van der Waals surface area contributed by atoms with Crippen LogP contribution in [0.5, 0.6) is 0 Å². The molecule has 2 aromatic carbocycles. The van der Waals surface area contributed by atoms with E-state index < -0.39 is 10.0 Å². The van der Waals surface area contributed by atoms with Crippen LogP contribution in [0.1, 0.15) is 0 Å². The number of hydrogen-bond donors (Lipinski definition) is 1. The molecule has 0 aromatic heterocycles. The van der Waals surface area contributed by atoms with E-state index in [1.165, 1.54) is 0 Å². The highest BCUT2D eigenvalue weighted by atomic mass is 32.2. The number of sulfonamides is 1. The van der Waals surface area contributed by atoms with Crippen LogP contribution in [0.4, 0.5) is 5.69 Å². The molecule has 0 atom stereocenters. The molecule has 0 bridgehead atoms. The summed E-state index contributed by atoms with van der Waals surface area (Å²) in [7, 11) is -1.86. The molecule has 0 saturated carbocycles. The van der Waals surface area contributed by atoms with Gasteiger partial charge in [0.25, 0.3) is 0 Å². The summed E-state index contributed by atoms with van der Waals surface area (Å²) < 4.78 is 36.7. The number of nitrogens with one attached hydrogen (secondary N) is 1. The summed E-state index contributed by atoms with van der Waals surface area (Å²) in [5, 5.41) is 1.87. The fourth-order valence-electron chi connectivity index (χ4n) is 1.95. The molecular weight excluding hydrogens is 290 g/mol. The van der Waals surface area contributed by atoms with E-state index in [-0.39, 0.29) is 12.4 Å². The van der Waals surface area contributed by atoms with Gasteiger partial charge in [-0.1, -0.05) is 36.4 Å². The molecule has 0 heterocycles. The molecular formula is C15H19NO4S. The predicted octanol–water partition coefficient (Wildman–Crippen LogP) is 2.24. The number of ether oxygens (including phenoxy) is 2. The highest BCUT2D eigenvalue weighted by Crippen LogP contribution is 2.23. The second-order valence-electron chi connectivity index (χ2n) is 4.55. The van der Waals surface area contributed by atoms with Gasteiger partial charge in [0.15, 0.2) is 0 Å². The van der Waals surface area contributed by atoms with Crippen molar-refractivity contribution in [3.05, 3.63) is 42.5 Å². The van der Waals surface area contributed by atoms with E-state index in [9.17, 15) is 8.42 Å². The van der Waals surface area contributed by atoms with Crippen LogP contribution in [-0.4, -0.2) is 41.1 Å². The van der Waals surface area contributed by atoms with E-state index in [2.05, 4.69) is 4.72 Å². The Morgan fingerprint density at radius 1 is 1.00 bits per heavy atom. The molecule has 0 unspecified atom stereocenters. The minimum Gasteiger partial charge on any atom is -0.382 e. The molecule has 1 N–H and O–H groups in total. The third-order valence-corrected chi connectivity index (χ3v) is 4.22. The van der Waals surface area contributed by atoms with Gasteiger partial charge in [0.05, 0.1) is 31.3 Å². The first-order valence-corrected chi connectivity index (χ1v) is 8.32. The summed E-state index contributed by atoms with van der Waals surface area (Å²) in [6, 6.07) is 13.2. The van der Waals surface area contributed by atoms with Gasteiger partial charge < -0.3 is 9.47 Å². The molecule has 21 heavy (non-hydrogen) atoms. The van der Waals surface area contributed by atoms with Crippen molar-refractivity contribution in [1.82, 2.24) is 0 Å². The molecule has 0 spiro atoms. The van der Waals surface area contributed by atoms with Crippen molar-refractivity contribution in [2.45, 2.75) is 0 Å². The minimum absolute atomic E-state index is 0.0834. The number of benzene rings is 2. The number of rotatable bonds is 8. The van der Waals surface area contributed by atoms with Gasteiger partial charge in [0.2, 0.25) is 10.0 Å². The number of hydrogen-bond acceptors (Lipinski definition) is 4. The average molecular weight is 309 g/mol. The first-order valence-electron chi connectivity index (χ1n) is 6.67. The molecule has 0 aliphatic heterocycles. The average Bonchev–Trinajstić information content (AvgIpc) is 2.47. The van der Waals surface area contributed by atoms with Crippen LogP contribution in [0.2, 0.25) is 0 Å². The summed E-state index contributed by atoms with van der Waals surface area (Å²) in [5.74, 6) is -0.0834. The van der Waals surface area contributed by atoms with E-state index >= 15 is 0 Å².